The molecular weight excluding hydrogens is 465 g/mol. The summed E-state index contributed by atoms with van der Waals surface area (Å²) in [6.45, 7) is 3.42. The van der Waals surface area contributed by atoms with Gasteiger partial charge in [-0.1, -0.05) is 6.92 Å². The van der Waals surface area contributed by atoms with Crippen LogP contribution in [-0.4, -0.2) is 61.3 Å². The number of halogens is 3. The normalized spacial score (nSPS) is 20.7. The highest BCUT2D eigenvalue weighted by Gasteiger charge is 2.41. The molecule has 0 unspecified atom stereocenters. The minimum Gasteiger partial charge on any atom is -0.478 e. The molecule has 1 fully saturated rings. The number of nitrogens with zero attached hydrogens (tertiary/aromatic N) is 6. The van der Waals surface area contributed by atoms with Gasteiger partial charge in [-0.15, -0.1) is 10.2 Å². The van der Waals surface area contributed by atoms with Crippen LogP contribution >= 0.6 is 0 Å². The van der Waals surface area contributed by atoms with E-state index in [1.54, 1.807) is 29.3 Å². The van der Waals surface area contributed by atoms with Gasteiger partial charge in [-0.3, -0.25) is 9.78 Å². The molecule has 0 spiro atoms. The number of carbonyl (C=O) groups excluding carboxylic acids is 1. The lowest BCUT2D eigenvalue weighted by molar-refractivity contribution is -0.148. The van der Waals surface area contributed by atoms with Crippen LogP contribution in [0, 0.1) is 11.8 Å². The molecule has 1 saturated heterocycles. The lowest BCUT2D eigenvalue weighted by atomic mass is 9.85. The largest absolute Gasteiger partial charge is 0.478 e. The van der Waals surface area contributed by atoms with E-state index in [9.17, 15) is 27.9 Å². The lowest BCUT2D eigenvalue weighted by Crippen LogP contribution is -2.49. The molecule has 0 saturated carbocycles. The van der Waals surface area contributed by atoms with E-state index in [-0.39, 0.29) is 48.8 Å². The Bertz CT molecular complexity index is 1310. The highest BCUT2D eigenvalue weighted by molar-refractivity contribution is 5.97. The summed E-state index contributed by atoms with van der Waals surface area (Å²) >= 11 is 0. The zero-order chi connectivity index (χ0) is 24.9. The number of amides is 1. The van der Waals surface area contributed by atoms with Crippen LogP contribution in [0.2, 0.25) is 0 Å². The minimum atomic E-state index is -4.58. The van der Waals surface area contributed by atoms with Gasteiger partial charge in [0.05, 0.1) is 17.6 Å². The Morgan fingerprint density at radius 3 is 2.63 bits per heavy atom. The average molecular weight is 488 g/mol. The summed E-state index contributed by atoms with van der Waals surface area (Å²) in [5, 5.41) is 17.0. The fourth-order valence-corrected chi connectivity index (χ4v) is 5.06. The van der Waals surface area contributed by atoms with Gasteiger partial charge in [0.15, 0.2) is 5.82 Å². The minimum absolute atomic E-state index is 0.00305. The molecule has 2 aromatic heterocycles. The van der Waals surface area contributed by atoms with E-state index in [0.29, 0.717) is 25.0 Å². The second kappa shape index (κ2) is 8.51. The van der Waals surface area contributed by atoms with Gasteiger partial charge in [0.1, 0.15) is 0 Å². The van der Waals surface area contributed by atoms with Crippen molar-refractivity contribution in [2.24, 2.45) is 11.8 Å². The summed E-state index contributed by atoms with van der Waals surface area (Å²) in [5.41, 5.74) is 1.68. The number of carbonyl (C=O) groups is 2. The first kappa shape index (κ1) is 23.1. The zero-order valence-electron chi connectivity index (χ0n) is 18.9. The predicted octanol–water partition coefficient (Wildman–Crippen LogP) is 3.05. The summed E-state index contributed by atoms with van der Waals surface area (Å²) in [7, 11) is 0. The molecule has 5 rings (SSSR count). The number of hydrogen-bond donors (Lipinski definition) is 1. The number of aromatic nitrogens is 4. The smallest absolute Gasteiger partial charge is 0.451 e. The van der Waals surface area contributed by atoms with E-state index in [1.807, 2.05) is 13.0 Å². The number of anilines is 1. The van der Waals surface area contributed by atoms with Crippen LogP contribution in [0.1, 0.15) is 35.4 Å². The van der Waals surface area contributed by atoms with Gasteiger partial charge in [-0.25, -0.2) is 4.79 Å². The number of aromatic carboxylic acids is 1. The maximum atomic E-state index is 13.3. The Labute approximate surface area is 198 Å². The third-order valence-corrected chi connectivity index (χ3v) is 6.85. The number of alkyl halides is 3. The molecule has 184 valence electrons. The number of rotatable bonds is 3. The van der Waals surface area contributed by atoms with Crippen LogP contribution in [0.15, 0.2) is 30.5 Å². The fraction of sp³-hybridized carbons (Fsp3) is 0.435. The molecule has 35 heavy (non-hydrogen) atoms. The fourth-order valence-electron chi connectivity index (χ4n) is 5.06. The van der Waals surface area contributed by atoms with E-state index in [1.165, 1.54) is 0 Å². The molecule has 2 atom stereocenters. The summed E-state index contributed by atoms with van der Waals surface area (Å²) < 4.78 is 40.3. The maximum absolute atomic E-state index is 13.3. The van der Waals surface area contributed by atoms with Gasteiger partial charge < -0.3 is 19.5 Å². The average Bonchev–Trinajstić information content (AvgIpc) is 3.27. The SMILES string of the molecule is C[C@@H]1CN(c2ccnc3cc(C(=O)O)ccc23)CC[C@@H]1C(=O)N1CCn2c(nnc2C(F)(F)F)C1. The molecule has 1 amide bonds. The van der Waals surface area contributed by atoms with Crippen LogP contribution in [0.3, 0.4) is 0 Å². The van der Waals surface area contributed by atoms with Crippen LogP contribution in [0.4, 0.5) is 18.9 Å². The van der Waals surface area contributed by atoms with Gasteiger partial charge >= 0.3 is 12.1 Å². The third-order valence-electron chi connectivity index (χ3n) is 6.85. The molecular formula is C23H23F3N6O3. The molecule has 4 heterocycles. The van der Waals surface area contributed by atoms with Crippen LogP contribution in [-0.2, 0) is 24.1 Å². The van der Waals surface area contributed by atoms with E-state index < -0.39 is 18.0 Å². The lowest BCUT2D eigenvalue weighted by Gasteiger charge is -2.40. The van der Waals surface area contributed by atoms with E-state index >= 15 is 0 Å². The van der Waals surface area contributed by atoms with Crippen molar-refractivity contribution in [3.05, 3.63) is 47.7 Å². The number of piperidine rings is 1. The molecule has 9 nitrogen and oxygen atoms in total. The van der Waals surface area contributed by atoms with Crippen LogP contribution in [0.5, 0.6) is 0 Å². The molecule has 0 aliphatic carbocycles. The van der Waals surface area contributed by atoms with E-state index in [4.69, 9.17) is 0 Å². The van der Waals surface area contributed by atoms with Crippen molar-refractivity contribution in [1.82, 2.24) is 24.6 Å². The van der Waals surface area contributed by atoms with Crippen molar-refractivity contribution in [3.8, 4) is 0 Å². The van der Waals surface area contributed by atoms with Crippen molar-refractivity contribution in [2.75, 3.05) is 24.5 Å². The number of pyridine rings is 1. The zero-order valence-corrected chi connectivity index (χ0v) is 18.9. The molecule has 1 N–H and O–H groups in total. The molecule has 0 bridgehead atoms. The molecule has 2 aliphatic rings. The molecule has 2 aliphatic heterocycles. The second-order valence-corrected chi connectivity index (χ2v) is 9.03. The Balaban J connectivity index is 1.30. The summed E-state index contributed by atoms with van der Waals surface area (Å²) in [6.07, 6.45) is -2.34. The summed E-state index contributed by atoms with van der Waals surface area (Å²) in [4.78, 5) is 32.6. The highest BCUT2D eigenvalue weighted by Crippen LogP contribution is 2.34. The van der Waals surface area contributed by atoms with Gasteiger partial charge in [0.2, 0.25) is 11.7 Å². The highest BCUT2D eigenvalue weighted by atomic mass is 19.4. The van der Waals surface area contributed by atoms with Crippen molar-refractivity contribution >= 4 is 28.5 Å². The molecule has 1 aromatic carbocycles. The summed E-state index contributed by atoms with van der Waals surface area (Å²) in [6, 6.07) is 6.73. The first-order valence-electron chi connectivity index (χ1n) is 11.3. The standard InChI is InChI=1S/C23H23F3N6O3/c1-13-11-30(18-4-6-27-17-10-14(21(34)35)2-3-16(17)18)7-5-15(13)20(33)31-8-9-32-19(12-31)28-29-22(32)23(24,25)26/h2-4,6,10,13,15H,5,7-9,11-12H2,1H3,(H,34,35)/t13-,15+/m1/s1. The predicted molar refractivity (Wildman–Crippen MR) is 119 cm³/mol. The Morgan fingerprint density at radius 2 is 1.91 bits per heavy atom. The second-order valence-electron chi connectivity index (χ2n) is 9.03. The molecule has 3 aromatic rings. The maximum Gasteiger partial charge on any atom is 0.451 e. The number of fused-ring (bicyclic) bond motifs is 2. The number of carboxylic acids is 1. The summed E-state index contributed by atoms with van der Waals surface area (Å²) in [5.74, 6) is -2.23. The first-order valence-corrected chi connectivity index (χ1v) is 11.3. The van der Waals surface area contributed by atoms with Crippen LogP contribution < -0.4 is 4.90 Å². The van der Waals surface area contributed by atoms with Gasteiger partial charge in [-0.2, -0.15) is 13.2 Å². The quantitative estimate of drug-likeness (QED) is 0.604. The topological polar surface area (TPSA) is 104 Å². The van der Waals surface area contributed by atoms with Gasteiger partial charge in [-0.05, 0) is 36.6 Å². The van der Waals surface area contributed by atoms with Gasteiger partial charge in [0.25, 0.3) is 0 Å². The number of hydrogen-bond acceptors (Lipinski definition) is 6. The monoisotopic (exact) mass is 488 g/mol. The third kappa shape index (κ3) is 4.17. The van der Waals surface area contributed by atoms with Crippen molar-refractivity contribution in [1.29, 1.82) is 0 Å². The number of benzene rings is 1. The van der Waals surface area contributed by atoms with Crippen molar-refractivity contribution in [3.63, 3.8) is 0 Å². The Kier molecular flexibility index (Phi) is 5.60. The van der Waals surface area contributed by atoms with Crippen molar-refractivity contribution in [2.45, 2.75) is 32.6 Å². The van der Waals surface area contributed by atoms with Crippen molar-refractivity contribution < 1.29 is 27.9 Å². The Morgan fingerprint density at radius 1 is 1.11 bits per heavy atom. The van der Waals surface area contributed by atoms with Gasteiger partial charge in [0, 0.05) is 49.4 Å². The molecule has 12 heteroatoms. The Hall–Kier alpha value is -3.70. The van der Waals surface area contributed by atoms with Crippen LogP contribution in [0.25, 0.3) is 10.9 Å². The first-order chi connectivity index (χ1) is 16.6. The van der Waals surface area contributed by atoms with E-state index in [0.717, 1.165) is 15.6 Å². The number of carboxylic acid groups (broad SMARTS) is 1. The molecule has 0 radical (unpaired) electrons. The van der Waals surface area contributed by atoms with E-state index in [2.05, 4.69) is 20.1 Å².